The van der Waals surface area contributed by atoms with Gasteiger partial charge in [-0.05, 0) is 31.0 Å². The molecule has 0 amide bonds. The average Bonchev–Trinajstić information content (AvgIpc) is 2.14. The van der Waals surface area contributed by atoms with Crippen LogP contribution in [-0.2, 0) is 16.5 Å². The van der Waals surface area contributed by atoms with Crippen molar-refractivity contribution in [3.63, 3.8) is 0 Å². The molecular weight excluding hydrogens is 200 g/mol. The molecule has 14 heavy (non-hydrogen) atoms. The zero-order valence-corrected chi connectivity index (χ0v) is 8.66. The van der Waals surface area contributed by atoms with Crippen LogP contribution in [-0.4, -0.2) is 13.0 Å². The van der Waals surface area contributed by atoms with Crippen molar-refractivity contribution in [2.24, 2.45) is 0 Å². The number of rotatable bonds is 3. The van der Waals surface area contributed by atoms with E-state index >= 15 is 0 Å². The molecule has 76 valence electrons. The largest absolute Gasteiger partial charge is 0.294 e. The molecular formula is C10H12O3S. The molecule has 0 unspecified atom stereocenters. The predicted octanol–water partition coefficient (Wildman–Crippen LogP) is 2.05. The lowest BCUT2D eigenvalue weighted by Gasteiger charge is -1.98. The maximum atomic E-state index is 10.7. The minimum Gasteiger partial charge on any atom is -0.282 e. The Bertz CT molecular complexity index is 415. The second-order valence-corrected chi connectivity index (χ2v) is 4.31. The van der Waals surface area contributed by atoms with Gasteiger partial charge < -0.3 is 0 Å². The highest BCUT2D eigenvalue weighted by Gasteiger charge is 2.07. The summed E-state index contributed by atoms with van der Waals surface area (Å²) in [7, 11) is -4.06. The first-order chi connectivity index (χ1) is 6.54. The van der Waals surface area contributed by atoms with Crippen LogP contribution in [0.25, 0.3) is 0 Å². The topological polar surface area (TPSA) is 54.4 Å². The van der Waals surface area contributed by atoms with Crippen molar-refractivity contribution in [1.82, 2.24) is 0 Å². The summed E-state index contributed by atoms with van der Waals surface area (Å²) in [5, 5.41) is 0. The first-order valence-electron chi connectivity index (χ1n) is 4.21. The van der Waals surface area contributed by atoms with E-state index < -0.39 is 10.1 Å². The first-order valence-corrected chi connectivity index (χ1v) is 5.65. The summed E-state index contributed by atoms with van der Waals surface area (Å²) >= 11 is 0. The van der Waals surface area contributed by atoms with E-state index in [9.17, 15) is 8.42 Å². The molecule has 3 nitrogen and oxygen atoms in total. The van der Waals surface area contributed by atoms with E-state index in [2.05, 4.69) is 0 Å². The average molecular weight is 212 g/mol. The molecule has 0 aliphatic heterocycles. The van der Waals surface area contributed by atoms with E-state index in [1.54, 1.807) is 12.1 Å². The Balaban J connectivity index is 2.89. The predicted molar refractivity (Wildman–Crippen MR) is 54.8 cm³/mol. The standard InChI is InChI=1S/C10H12O3S/c1-2-3-4-9-5-7-10(8-6-9)14(11,12)13/h2-3,5-8H,4H2,1H3,(H,11,12,13)/b3-2+. The number of benzene rings is 1. The zero-order valence-electron chi connectivity index (χ0n) is 7.84. The van der Waals surface area contributed by atoms with Crippen LogP contribution in [0.2, 0.25) is 0 Å². The number of hydrogen-bond acceptors (Lipinski definition) is 2. The SMILES string of the molecule is C/C=C/Cc1ccc(S(=O)(=O)O)cc1. The van der Waals surface area contributed by atoms with Gasteiger partial charge in [-0.1, -0.05) is 24.3 Å². The highest BCUT2D eigenvalue weighted by Crippen LogP contribution is 2.10. The molecule has 1 rings (SSSR count). The molecule has 0 aliphatic rings. The molecule has 0 aromatic heterocycles. The van der Waals surface area contributed by atoms with E-state index in [4.69, 9.17) is 4.55 Å². The van der Waals surface area contributed by atoms with Crippen molar-refractivity contribution in [1.29, 1.82) is 0 Å². The van der Waals surface area contributed by atoms with E-state index in [1.165, 1.54) is 12.1 Å². The second kappa shape index (κ2) is 4.39. The zero-order chi connectivity index (χ0) is 10.6. The van der Waals surface area contributed by atoms with Crippen LogP contribution >= 0.6 is 0 Å². The molecule has 0 bridgehead atoms. The molecule has 0 atom stereocenters. The van der Waals surface area contributed by atoms with Gasteiger partial charge in [0.1, 0.15) is 0 Å². The van der Waals surface area contributed by atoms with E-state index in [0.717, 1.165) is 12.0 Å². The monoisotopic (exact) mass is 212 g/mol. The molecule has 0 heterocycles. The second-order valence-electron chi connectivity index (χ2n) is 2.89. The van der Waals surface area contributed by atoms with E-state index in [1.807, 2.05) is 19.1 Å². The fraction of sp³-hybridized carbons (Fsp3) is 0.200. The smallest absolute Gasteiger partial charge is 0.282 e. The van der Waals surface area contributed by atoms with Crippen molar-refractivity contribution < 1.29 is 13.0 Å². The van der Waals surface area contributed by atoms with Crippen LogP contribution in [0.5, 0.6) is 0 Å². The third-order valence-electron chi connectivity index (χ3n) is 1.81. The lowest BCUT2D eigenvalue weighted by molar-refractivity contribution is 0.483. The molecule has 1 aromatic rings. The van der Waals surface area contributed by atoms with Gasteiger partial charge >= 0.3 is 0 Å². The Hall–Kier alpha value is -1.13. The Labute approximate surface area is 83.8 Å². The Morgan fingerprint density at radius 3 is 2.29 bits per heavy atom. The van der Waals surface area contributed by atoms with Gasteiger partial charge in [0.2, 0.25) is 0 Å². The van der Waals surface area contributed by atoms with Gasteiger partial charge in [0.15, 0.2) is 0 Å². The third-order valence-corrected chi connectivity index (χ3v) is 2.68. The molecule has 1 N–H and O–H groups in total. The fourth-order valence-corrected chi connectivity index (χ4v) is 1.53. The van der Waals surface area contributed by atoms with Crippen molar-refractivity contribution in [2.45, 2.75) is 18.2 Å². The van der Waals surface area contributed by atoms with Crippen LogP contribution in [0.15, 0.2) is 41.3 Å². The fourth-order valence-electron chi connectivity index (χ4n) is 1.05. The van der Waals surface area contributed by atoms with Gasteiger partial charge in [0.25, 0.3) is 10.1 Å². The third kappa shape index (κ3) is 2.97. The Kier molecular flexibility index (Phi) is 3.43. The van der Waals surface area contributed by atoms with Crippen LogP contribution < -0.4 is 0 Å². The van der Waals surface area contributed by atoms with Gasteiger partial charge in [-0.15, -0.1) is 0 Å². The summed E-state index contributed by atoms with van der Waals surface area (Å²) in [6.45, 7) is 1.92. The summed E-state index contributed by atoms with van der Waals surface area (Å²) in [4.78, 5) is -0.0678. The summed E-state index contributed by atoms with van der Waals surface area (Å²) in [6, 6.07) is 6.16. The summed E-state index contributed by atoms with van der Waals surface area (Å²) in [6.07, 6.45) is 4.67. The van der Waals surface area contributed by atoms with Gasteiger partial charge in [-0.25, -0.2) is 0 Å². The highest BCUT2D eigenvalue weighted by atomic mass is 32.2. The van der Waals surface area contributed by atoms with E-state index in [-0.39, 0.29) is 4.90 Å². The number of allylic oxidation sites excluding steroid dienone is 2. The van der Waals surface area contributed by atoms with E-state index in [0.29, 0.717) is 0 Å². The van der Waals surface area contributed by atoms with Gasteiger partial charge in [0.05, 0.1) is 4.90 Å². The van der Waals surface area contributed by atoms with Crippen molar-refractivity contribution in [2.75, 3.05) is 0 Å². The van der Waals surface area contributed by atoms with Crippen LogP contribution in [0, 0.1) is 0 Å². The minimum atomic E-state index is -4.06. The molecule has 0 saturated carbocycles. The van der Waals surface area contributed by atoms with Crippen molar-refractivity contribution in [3.8, 4) is 0 Å². The maximum Gasteiger partial charge on any atom is 0.294 e. The maximum absolute atomic E-state index is 10.7. The summed E-state index contributed by atoms with van der Waals surface area (Å²) in [5.41, 5.74) is 1.01. The van der Waals surface area contributed by atoms with Crippen molar-refractivity contribution in [3.05, 3.63) is 42.0 Å². The molecule has 4 heteroatoms. The van der Waals surface area contributed by atoms with Gasteiger partial charge in [-0.2, -0.15) is 8.42 Å². The molecule has 0 saturated heterocycles. The van der Waals surface area contributed by atoms with Crippen LogP contribution in [0.1, 0.15) is 12.5 Å². The molecule has 0 aliphatic carbocycles. The molecule has 0 radical (unpaired) electrons. The van der Waals surface area contributed by atoms with Crippen molar-refractivity contribution >= 4 is 10.1 Å². The Morgan fingerprint density at radius 1 is 1.29 bits per heavy atom. The summed E-state index contributed by atoms with van der Waals surface area (Å²) in [5.74, 6) is 0. The lowest BCUT2D eigenvalue weighted by Crippen LogP contribution is -1.97. The van der Waals surface area contributed by atoms with Gasteiger partial charge in [-0.3, -0.25) is 4.55 Å². The highest BCUT2D eigenvalue weighted by molar-refractivity contribution is 7.85. The molecule has 0 fully saturated rings. The quantitative estimate of drug-likeness (QED) is 0.616. The normalized spacial score (nSPS) is 12.1. The molecule has 1 aromatic carbocycles. The Morgan fingerprint density at radius 2 is 1.86 bits per heavy atom. The van der Waals surface area contributed by atoms with Crippen LogP contribution in [0.3, 0.4) is 0 Å². The van der Waals surface area contributed by atoms with Gasteiger partial charge in [0, 0.05) is 0 Å². The lowest BCUT2D eigenvalue weighted by atomic mass is 10.1. The molecule has 0 spiro atoms. The minimum absolute atomic E-state index is 0.0678. The van der Waals surface area contributed by atoms with Crippen LogP contribution in [0.4, 0.5) is 0 Å². The number of hydrogen-bond donors (Lipinski definition) is 1. The summed E-state index contributed by atoms with van der Waals surface area (Å²) < 4.78 is 30.1. The first kappa shape index (κ1) is 10.9.